The maximum absolute atomic E-state index is 12.8. The second-order valence-corrected chi connectivity index (χ2v) is 8.29. The zero-order chi connectivity index (χ0) is 22.5. The van der Waals surface area contributed by atoms with E-state index in [9.17, 15) is 14.7 Å². The Hall–Kier alpha value is -2.61. The van der Waals surface area contributed by atoms with Crippen LogP contribution >= 0.6 is 23.2 Å². The first-order valence-electron chi connectivity index (χ1n) is 9.81. The fourth-order valence-electron chi connectivity index (χ4n) is 3.01. The first-order valence-corrected chi connectivity index (χ1v) is 10.6. The standard InChI is InChI=1S/C22H23Cl2N3O4/c1-13(2)11-27-22(30)16-7-4-3-6-15(16)20(26-27)21(29)25-10-14(28)12-31-18-9-5-8-17(23)19(18)24/h3-9,13-14,28H,10-12H2,1-2H3,(H,25,29). The summed E-state index contributed by atoms with van der Waals surface area (Å²) in [4.78, 5) is 25.5. The predicted octanol–water partition coefficient (Wildman–Crippen LogP) is 3.53. The van der Waals surface area contributed by atoms with Crippen molar-refractivity contribution in [2.75, 3.05) is 13.2 Å². The zero-order valence-corrected chi connectivity index (χ0v) is 18.7. The number of aliphatic hydroxyl groups is 1. The lowest BCUT2D eigenvalue weighted by Gasteiger charge is -2.15. The van der Waals surface area contributed by atoms with Gasteiger partial charge in [-0.3, -0.25) is 9.59 Å². The molecule has 31 heavy (non-hydrogen) atoms. The van der Waals surface area contributed by atoms with Gasteiger partial charge in [-0.2, -0.15) is 5.10 Å². The molecule has 0 spiro atoms. The number of fused-ring (bicyclic) bond motifs is 1. The Balaban J connectivity index is 1.72. The van der Waals surface area contributed by atoms with Gasteiger partial charge in [0.25, 0.3) is 11.5 Å². The molecule has 7 nitrogen and oxygen atoms in total. The van der Waals surface area contributed by atoms with Crippen molar-refractivity contribution in [1.29, 1.82) is 0 Å². The molecule has 1 amide bonds. The van der Waals surface area contributed by atoms with Gasteiger partial charge in [0.05, 0.1) is 10.4 Å². The number of nitrogens with zero attached hydrogens (tertiary/aromatic N) is 2. The highest BCUT2D eigenvalue weighted by Gasteiger charge is 2.18. The summed E-state index contributed by atoms with van der Waals surface area (Å²) < 4.78 is 6.80. The van der Waals surface area contributed by atoms with E-state index < -0.39 is 12.0 Å². The molecule has 2 aromatic carbocycles. The van der Waals surface area contributed by atoms with Crippen LogP contribution in [-0.4, -0.2) is 40.0 Å². The van der Waals surface area contributed by atoms with E-state index >= 15 is 0 Å². The molecular formula is C22H23Cl2N3O4. The first kappa shape index (κ1) is 23.1. The number of nitrogens with one attached hydrogen (secondary N) is 1. The Morgan fingerprint density at radius 3 is 2.58 bits per heavy atom. The van der Waals surface area contributed by atoms with Crippen LogP contribution in [0.2, 0.25) is 10.0 Å². The highest BCUT2D eigenvalue weighted by Crippen LogP contribution is 2.31. The maximum Gasteiger partial charge on any atom is 0.274 e. The van der Waals surface area contributed by atoms with Gasteiger partial charge in [0.15, 0.2) is 5.69 Å². The van der Waals surface area contributed by atoms with E-state index in [-0.39, 0.29) is 35.3 Å². The van der Waals surface area contributed by atoms with Crippen molar-refractivity contribution in [2.24, 2.45) is 5.92 Å². The van der Waals surface area contributed by atoms with Gasteiger partial charge < -0.3 is 15.2 Å². The highest BCUT2D eigenvalue weighted by atomic mass is 35.5. The largest absolute Gasteiger partial charge is 0.489 e. The minimum atomic E-state index is -0.994. The van der Waals surface area contributed by atoms with Crippen molar-refractivity contribution in [2.45, 2.75) is 26.5 Å². The summed E-state index contributed by atoms with van der Waals surface area (Å²) in [6, 6.07) is 11.8. The molecule has 0 aliphatic heterocycles. The summed E-state index contributed by atoms with van der Waals surface area (Å²) in [7, 11) is 0. The predicted molar refractivity (Wildman–Crippen MR) is 121 cm³/mol. The third kappa shape index (κ3) is 5.55. The molecule has 9 heteroatoms. The van der Waals surface area contributed by atoms with Crippen LogP contribution in [0.25, 0.3) is 10.8 Å². The van der Waals surface area contributed by atoms with Gasteiger partial charge in [-0.25, -0.2) is 4.68 Å². The second kappa shape index (κ2) is 10.1. The van der Waals surface area contributed by atoms with E-state index in [2.05, 4.69) is 10.4 Å². The average Bonchev–Trinajstić information content (AvgIpc) is 2.74. The minimum absolute atomic E-state index is 0.0731. The van der Waals surface area contributed by atoms with Gasteiger partial charge in [0, 0.05) is 18.5 Å². The van der Waals surface area contributed by atoms with Gasteiger partial charge >= 0.3 is 0 Å². The number of hydrogen-bond acceptors (Lipinski definition) is 5. The molecule has 0 saturated carbocycles. The molecule has 1 unspecified atom stereocenters. The van der Waals surface area contributed by atoms with Gasteiger partial charge in [0.1, 0.15) is 23.5 Å². The highest BCUT2D eigenvalue weighted by molar-refractivity contribution is 6.42. The fourth-order valence-corrected chi connectivity index (χ4v) is 3.35. The minimum Gasteiger partial charge on any atom is -0.489 e. The average molecular weight is 464 g/mol. The topological polar surface area (TPSA) is 93.5 Å². The molecule has 1 atom stereocenters. The van der Waals surface area contributed by atoms with Gasteiger partial charge in [-0.1, -0.05) is 61.3 Å². The maximum atomic E-state index is 12.8. The molecule has 0 aliphatic carbocycles. The number of hydrogen-bond donors (Lipinski definition) is 2. The van der Waals surface area contributed by atoms with Crippen LogP contribution in [0.5, 0.6) is 5.75 Å². The molecule has 2 N–H and O–H groups in total. The van der Waals surface area contributed by atoms with E-state index in [4.69, 9.17) is 27.9 Å². The molecule has 0 fully saturated rings. The molecule has 0 bridgehead atoms. The van der Waals surface area contributed by atoms with Gasteiger partial charge in [-0.05, 0) is 24.1 Å². The summed E-state index contributed by atoms with van der Waals surface area (Å²) >= 11 is 12.0. The van der Waals surface area contributed by atoms with Crippen LogP contribution in [-0.2, 0) is 6.54 Å². The number of halogens is 2. The lowest BCUT2D eigenvalue weighted by atomic mass is 10.1. The van der Waals surface area contributed by atoms with Crippen LogP contribution < -0.4 is 15.6 Å². The van der Waals surface area contributed by atoms with Crippen molar-refractivity contribution < 1.29 is 14.6 Å². The number of amides is 1. The second-order valence-electron chi connectivity index (χ2n) is 7.50. The Kier molecular flexibility index (Phi) is 7.54. The number of ether oxygens (including phenoxy) is 1. The lowest BCUT2D eigenvalue weighted by Crippen LogP contribution is -2.37. The van der Waals surface area contributed by atoms with Crippen molar-refractivity contribution >= 4 is 39.9 Å². The molecule has 1 heterocycles. The monoisotopic (exact) mass is 463 g/mol. The summed E-state index contributed by atoms with van der Waals surface area (Å²) in [5, 5.41) is 18.6. The van der Waals surface area contributed by atoms with Crippen LogP contribution in [0.1, 0.15) is 24.3 Å². The van der Waals surface area contributed by atoms with Crippen LogP contribution in [0.3, 0.4) is 0 Å². The Morgan fingerprint density at radius 2 is 1.87 bits per heavy atom. The van der Waals surface area contributed by atoms with E-state index in [1.165, 1.54) is 4.68 Å². The lowest BCUT2D eigenvalue weighted by molar-refractivity contribution is 0.0839. The van der Waals surface area contributed by atoms with Crippen LogP contribution in [0, 0.1) is 5.92 Å². The summed E-state index contributed by atoms with van der Waals surface area (Å²) in [5.41, 5.74) is -0.116. The van der Waals surface area contributed by atoms with Crippen molar-refractivity contribution in [1.82, 2.24) is 15.1 Å². The SMILES string of the molecule is CC(C)Cn1nc(C(=O)NCC(O)COc2cccc(Cl)c2Cl)c2ccccc2c1=O. The zero-order valence-electron chi connectivity index (χ0n) is 17.1. The van der Waals surface area contributed by atoms with E-state index in [1.807, 2.05) is 13.8 Å². The molecule has 0 saturated heterocycles. The number of aliphatic hydroxyl groups excluding tert-OH is 1. The smallest absolute Gasteiger partial charge is 0.274 e. The normalized spacial score (nSPS) is 12.2. The molecule has 164 valence electrons. The number of benzene rings is 2. The van der Waals surface area contributed by atoms with Crippen molar-refractivity contribution in [3.05, 3.63) is 68.6 Å². The summed E-state index contributed by atoms with van der Waals surface area (Å²) in [5.74, 6) is 0.0288. The number of rotatable bonds is 8. The molecule has 3 rings (SSSR count). The molecule has 3 aromatic rings. The Morgan fingerprint density at radius 1 is 1.16 bits per heavy atom. The molecular weight excluding hydrogens is 441 g/mol. The number of carbonyl (C=O) groups is 1. The summed E-state index contributed by atoms with van der Waals surface area (Å²) in [6.45, 7) is 4.15. The van der Waals surface area contributed by atoms with Gasteiger partial charge in [-0.15, -0.1) is 0 Å². The molecule has 0 radical (unpaired) electrons. The Labute approximate surface area is 189 Å². The fraction of sp³-hybridized carbons (Fsp3) is 0.318. The van der Waals surface area contributed by atoms with E-state index in [0.717, 1.165) is 0 Å². The van der Waals surface area contributed by atoms with Gasteiger partial charge in [0.2, 0.25) is 0 Å². The molecule has 1 aromatic heterocycles. The third-order valence-electron chi connectivity index (χ3n) is 4.47. The molecule has 0 aliphatic rings. The van der Waals surface area contributed by atoms with Crippen molar-refractivity contribution in [3.63, 3.8) is 0 Å². The van der Waals surface area contributed by atoms with Crippen LogP contribution in [0.4, 0.5) is 0 Å². The summed E-state index contributed by atoms with van der Waals surface area (Å²) in [6.07, 6.45) is -0.994. The number of aromatic nitrogens is 2. The third-order valence-corrected chi connectivity index (χ3v) is 5.27. The number of carbonyl (C=O) groups excluding carboxylic acids is 1. The Bertz CT molecular complexity index is 1150. The quantitative estimate of drug-likeness (QED) is 0.532. The van der Waals surface area contributed by atoms with Crippen molar-refractivity contribution in [3.8, 4) is 5.75 Å². The van der Waals surface area contributed by atoms with E-state index in [1.54, 1.807) is 42.5 Å². The van der Waals surface area contributed by atoms with Crippen LogP contribution in [0.15, 0.2) is 47.3 Å². The first-order chi connectivity index (χ1) is 14.8. The van der Waals surface area contributed by atoms with E-state index in [0.29, 0.717) is 28.1 Å².